The summed E-state index contributed by atoms with van der Waals surface area (Å²) in [5.74, 6) is 0.0491. The van der Waals surface area contributed by atoms with Crippen molar-refractivity contribution in [3.8, 4) is 11.3 Å². The lowest BCUT2D eigenvalue weighted by molar-refractivity contribution is -0.123. The third kappa shape index (κ3) is 3.92. The molecule has 150 valence electrons. The number of benzene rings is 2. The van der Waals surface area contributed by atoms with Crippen LogP contribution in [0.5, 0.6) is 0 Å². The fourth-order valence-corrected chi connectivity index (χ4v) is 3.91. The number of nitrogens with zero attached hydrogens (tertiary/aromatic N) is 1. The van der Waals surface area contributed by atoms with Crippen molar-refractivity contribution in [2.75, 3.05) is 7.11 Å². The molecule has 0 atom stereocenters. The Balaban J connectivity index is 1.57. The number of hydrogen-bond acceptors (Lipinski definition) is 6. The Labute approximate surface area is 177 Å². The molecule has 0 N–H and O–H groups in total. The quantitative estimate of drug-likeness (QED) is 0.429. The molecular formula is C23H17NO5S. The van der Waals surface area contributed by atoms with Gasteiger partial charge in [0.15, 0.2) is 0 Å². The van der Waals surface area contributed by atoms with Crippen molar-refractivity contribution in [2.45, 2.75) is 6.54 Å². The minimum atomic E-state index is -0.467. The van der Waals surface area contributed by atoms with E-state index in [0.717, 1.165) is 17.3 Å². The second kappa shape index (κ2) is 8.42. The zero-order chi connectivity index (χ0) is 21.1. The van der Waals surface area contributed by atoms with Gasteiger partial charge in [-0.2, -0.15) is 0 Å². The van der Waals surface area contributed by atoms with Gasteiger partial charge >= 0.3 is 5.97 Å². The largest absolute Gasteiger partial charge is 0.465 e. The van der Waals surface area contributed by atoms with Crippen LogP contribution in [0, 0.1) is 0 Å². The lowest BCUT2D eigenvalue weighted by Gasteiger charge is -2.11. The Kier molecular flexibility index (Phi) is 5.54. The van der Waals surface area contributed by atoms with Crippen molar-refractivity contribution in [3.63, 3.8) is 0 Å². The number of hydrogen-bond donors (Lipinski definition) is 0. The average molecular weight is 419 g/mol. The summed E-state index contributed by atoms with van der Waals surface area (Å²) in [5.41, 5.74) is 1.84. The van der Waals surface area contributed by atoms with Gasteiger partial charge in [0.05, 0.1) is 24.1 Å². The summed E-state index contributed by atoms with van der Waals surface area (Å²) in [6.45, 7) is 0.221. The monoisotopic (exact) mass is 419 g/mol. The highest BCUT2D eigenvalue weighted by Crippen LogP contribution is 2.34. The maximum absolute atomic E-state index is 12.7. The van der Waals surface area contributed by atoms with E-state index in [-0.39, 0.29) is 22.6 Å². The SMILES string of the molecule is COC(=O)c1ccccc1-c1ccc(/C=C2/SC(=O)N(Cc3ccccc3)C2=O)o1. The molecule has 3 aromatic rings. The van der Waals surface area contributed by atoms with E-state index in [1.54, 1.807) is 42.5 Å². The van der Waals surface area contributed by atoms with Gasteiger partial charge in [0.25, 0.3) is 11.1 Å². The maximum Gasteiger partial charge on any atom is 0.338 e. The smallest absolute Gasteiger partial charge is 0.338 e. The van der Waals surface area contributed by atoms with Gasteiger partial charge in [0.2, 0.25) is 0 Å². The molecule has 1 fully saturated rings. The van der Waals surface area contributed by atoms with Gasteiger partial charge in [-0.3, -0.25) is 14.5 Å². The number of ether oxygens (including phenoxy) is 1. The summed E-state index contributed by atoms with van der Waals surface area (Å²) in [6.07, 6.45) is 1.54. The Morgan fingerprint density at radius 1 is 1.03 bits per heavy atom. The molecular weight excluding hydrogens is 402 g/mol. The molecule has 1 aromatic heterocycles. The number of thioether (sulfide) groups is 1. The molecule has 0 unspecified atom stereocenters. The minimum Gasteiger partial charge on any atom is -0.465 e. The molecule has 1 saturated heterocycles. The van der Waals surface area contributed by atoms with E-state index in [9.17, 15) is 14.4 Å². The normalized spacial score (nSPS) is 15.1. The van der Waals surface area contributed by atoms with Gasteiger partial charge in [-0.1, -0.05) is 48.5 Å². The summed E-state index contributed by atoms with van der Waals surface area (Å²) in [6, 6.07) is 19.7. The number of imide groups is 1. The summed E-state index contributed by atoms with van der Waals surface area (Å²) in [7, 11) is 1.32. The number of esters is 1. The van der Waals surface area contributed by atoms with E-state index < -0.39 is 5.97 Å². The summed E-state index contributed by atoms with van der Waals surface area (Å²) >= 11 is 0.877. The number of rotatable bonds is 5. The Bertz CT molecular complexity index is 1150. The van der Waals surface area contributed by atoms with Crippen molar-refractivity contribution >= 4 is 35.0 Å². The van der Waals surface area contributed by atoms with Gasteiger partial charge in [-0.25, -0.2) is 4.79 Å². The predicted octanol–water partition coefficient (Wildman–Crippen LogP) is 4.97. The first-order valence-electron chi connectivity index (χ1n) is 9.13. The van der Waals surface area contributed by atoms with Crippen LogP contribution < -0.4 is 0 Å². The zero-order valence-corrected chi connectivity index (χ0v) is 16.8. The molecule has 7 heteroatoms. The second-order valence-corrected chi connectivity index (χ2v) is 7.49. The van der Waals surface area contributed by atoms with Crippen LogP contribution in [0.25, 0.3) is 17.4 Å². The maximum atomic E-state index is 12.7. The highest BCUT2D eigenvalue weighted by atomic mass is 32.2. The highest BCUT2D eigenvalue weighted by Gasteiger charge is 2.35. The predicted molar refractivity (Wildman–Crippen MR) is 113 cm³/mol. The number of carbonyl (C=O) groups is 3. The standard InChI is InChI=1S/C23H17NO5S/c1-28-22(26)18-10-6-5-9-17(18)19-12-11-16(29-19)13-20-21(25)24(23(27)30-20)14-15-7-3-2-4-8-15/h2-13H,14H2,1H3/b20-13+. The molecule has 0 aliphatic carbocycles. The van der Waals surface area contributed by atoms with Crippen LogP contribution in [0.2, 0.25) is 0 Å². The number of amides is 2. The molecule has 1 aliphatic heterocycles. The van der Waals surface area contributed by atoms with Crippen LogP contribution in [0.4, 0.5) is 4.79 Å². The fourth-order valence-electron chi connectivity index (χ4n) is 3.09. The Morgan fingerprint density at radius 3 is 2.53 bits per heavy atom. The molecule has 30 heavy (non-hydrogen) atoms. The molecule has 1 aliphatic rings. The van der Waals surface area contributed by atoms with E-state index in [2.05, 4.69) is 0 Å². The number of carbonyl (C=O) groups excluding carboxylic acids is 3. The van der Waals surface area contributed by atoms with E-state index in [1.165, 1.54) is 12.0 Å². The third-order valence-corrected chi connectivity index (χ3v) is 5.46. The van der Waals surface area contributed by atoms with E-state index in [4.69, 9.17) is 9.15 Å². The molecule has 0 bridgehead atoms. The van der Waals surface area contributed by atoms with Crippen LogP contribution in [0.15, 0.2) is 76.1 Å². The lowest BCUT2D eigenvalue weighted by atomic mass is 10.1. The van der Waals surface area contributed by atoms with Crippen LogP contribution >= 0.6 is 11.8 Å². The Hall–Kier alpha value is -3.58. The van der Waals surface area contributed by atoms with Gasteiger partial charge in [-0.05, 0) is 35.5 Å². The van der Waals surface area contributed by atoms with E-state index in [1.807, 2.05) is 30.3 Å². The third-order valence-electron chi connectivity index (χ3n) is 4.56. The molecule has 6 nitrogen and oxygen atoms in total. The van der Waals surface area contributed by atoms with Crippen molar-refractivity contribution in [2.24, 2.45) is 0 Å². The first kappa shape index (κ1) is 19.7. The summed E-state index contributed by atoms with van der Waals surface area (Å²) < 4.78 is 10.6. The molecule has 2 aromatic carbocycles. The molecule has 0 spiro atoms. The zero-order valence-electron chi connectivity index (χ0n) is 16.0. The Morgan fingerprint density at radius 2 is 1.77 bits per heavy atom. The topological polar surface area (TPSA) is 76.8 Å². The average Bonchev–Trinajstić information content (AvgIpc) is 3.34. The van der Waals surface area contributed by atoms with Crippen molar-refractivity contribution in [1.82, 2.24) is 4.90 Å². The molecule has 4 rings (SSSR count). The van der Waals surface area contributed by atoms with Crippen molar-refractivity contribution in [1.29, 1.82) is 0 Å². The van der Waals surface area contributed by atoms with Crippen LogP contribution in [0.3, 0.4) is 0 Å². The van der Waals surface area contributed by atoms with Gasteiger partial charge < -0.3 is 9.15 Å². The van der Waals surface area contributed by atoms with E-state index in [0.29, 0.717) is 22.6 Å². The second-order valence-electron chi connectivity index (χ2n) is 6.49. The minimum absolute atomic E-state index is 0.221. The van der Waals surface area contributed by atoms with Gasteiger partial charge in [0, 0.05) is 11.6 Å². The first-order valence-corrected chi connectivity index (χ1v) is 9.95. The summed E-state index contributed by atoms with van der Waals surface area (Å²) in [5, 5.41) is -0.321. The molecule has 2 amide bonds. The highest BCUT2D eigenvalue weighted by molar-refractivity contribution is 8.18. The van der Waals surface area contributed by atoms with Crippen molar-refractivity contribution in [3.05, 3.63) is 88.5 Å². The number of furan rings is 1. The molecule has 0 saturated carbocycles. The number of methoxy groups -OCH3 is 1. The summed E-state index contributed by atoms with van der Waals surface area (Å²) in [4.78, 5) is 38.5. The van der Waals surface area contributed by atoms with Crippen molar-refractivity contribution < 1.29 is 23.5 Å². The fraction of sp³-hybridized carbons (Fsp3) is 0.0870. The first-order chi connectivity index (χ1) is 14.6. The van der Waals surface area contributed by atoms with Crippen LogP contribution in [0.1, 0.15) is 21.7 Å². The molecule has 0 radical (unpaired) electrons. The van der Waals surface area contributed by atoms with Gasteiger partial charge in [-0.15, -0.1) is 0 Å². The van der Waals surface area contributed by atoms with Gasteiger partial charge in [0.1, 0.15) is 11.5 Å². The van der Waals surface area contributed by atoms with Crippen LogP contribution in [-0.4, -0.2) is 29.1 Å². The van der Waals surface area contributed by atoms with E-state index >= 15 is 0 Å². The van der Waals surface area contributed by atoms with Crippen LogP contribution in [-0.2, 0) is 16.1 Å². The molecule has 2 heterocycles. The lowest BCUT2D eigenvalue weighted by Crippen LogP contribution is -2.27.